The van der Waals surface area contributed by atoms with Crippen LogP contribution in [0, 0.1) is 6.26 Å². The second-order valence-electron chi connectivity index (χ2n) is 5.44. The monoisotopic (exact) mass is 298 g/mol. The molecule has 7 heteroatoms. The van der Waals surface area contributed by atoms with Crippen molar-refractivity contribution in [2.45, 2.75) is 32.4 Å². The van der Waals surface area contributed by atoms with Gasteiger partial charge in [-0.3, -0.25) is 0 Å². The summed E-state index contributed by atoms with van der Waals surface area (Å²) in [6.45, 7) is 5.37. The number of hydrogen-bond acceptors (Lipinski definition) is 6. The first-order chi connectivity index (χ1) is 9.28. The molecule has 0 aromatic carbocycles. The van der Waals surface area contributed by atoms with Crippen molar-refractivity contribution in [1.29, 1.82) is 0 Å². The number of nitrogens with zero attached hydrogens (tertiary/aromatic N) is 1. The predicted octanol–water partition coefficient (Wildman–Crippen LogP) is 1.41. The average Bonchev–Trinajstić information content (AvgIpc) is 2.93. The molecule has 0 bridgehead atoms. The highest BCUT2D eigenvalue weighted by Crippen LogP contribution is 2.41. The zero-order valence-electron chi connectivity index (χ0n) is 11.8. The highest BCUT2D eigenvalue weighted by Gasteiger charge is 2.31. The number of esters is 1. The summed E-state index contributed by atoms with van der Waals surface area (Å²) >= 11 is 0. The Bertz CT molecular complexity index is 494. The molecule has 2 heterocycles. The van der Waals surface area contributed by atoms with Gasteiger partial charge in [-0.15, -0.1) is 0 Å². The summed E-state index contributed by atoms with van der Waals surface area (Å²) in [4.78, 5) is 17.1. The van der Waals surface area contributed by atoms with E-state index in [-0.39, 0.29) is 0 Å². The summed E-state index contributed by atoms with van der Waals surface area (Å²) in [5, 5.41) is 4.68. The third-order valence-electron chi connectivity index (χ3n) is 2.54. The molecule has 20 heavy (non-hydrogen) atoms. The lowest BCUT2D eigenvalue weighted by atomic mass is 10.2. The Balaban J connectivity index is 2.02. The number of allylic oxidation sites excluding steroid dienone is 2. The first-order valence-corrected chi connectivity index (χ1v) is 7.77. The number of carbonyl (C=O) groups is 1. The van der Waals surface area contributed by atoms with E-state index in [1.807, 2.05) is 17.6 Å². The fourth-order valence-electron chi connectivity index (χ4n) is 1.64. The number of carbonyl (C=O) groups excluding carboxylic acids is 1. The molecule has 1 radical (unpaired) electrons. The normalized spacial score (nSPS) is 25.1. The highest BCUT2D eigenvalue weighted by atomic mass is 32.2. The third kappa shape index (κ3) is 3.36. The van der Waals surface area contributed by atoms with Gasteiger partial charge in [0.2, 0.25) is 0 Å². The van der Waals surface area contributed by atoms with Crippen LogP contribution in [0.15, 0.2) is 34.5 Å². The van der Waals surface area contributed by atoms with Crippen LogP contribution in [0.2, 0.25) is 0 Å². The van der Waals surface area contributed by atoms with Crippen LogP contribution in [0.25, 0.3) is 0 Å². The van der Waals surface area contributed by atoms with E-state index in [0.29, 0.717) is 5.76 Å². The fourth-order valence-corrected chi connectivity index (χ4v) is 2.74. The Morgan fingerprint density at radius 1 is 1.60 bits per heavy atom. The van der Waals surface area contributed by atoms with Crippen LogP contribution in [0.5, 0.6) is 0 Å². The zero-order chi connectivity index (χ0) is 14.9. The van der Waals surface area contributed by atoms with Crippen molar-refractivity contribution in [2.75, 3.05) is 0 Å². The molecule has 0 aromatic rings. The quantitative estimate of drug-likeness (QED) is 0.540. The molecule has 2 atom stereocenters. The van der Waals surface area contributed by atoms with Gasteiger partial charge in [0, 0.05) is 0 Å². The van der Waals surface area contributed by atoms with Gasteiger partial charge in [0.05, 0.1) is 11.2 Å². The van der Waals surface area contributed by atoms with Crippen LogP contribution in [-0.4, -0.2) is 22.6 Å². The summed E-state index contributed by atoms with van der Waals surface area (Å²) in [5.74, 6) is -0.210. The maximum Gasteiger partial charge on any atom is 0.331 e. The molecule has 0 fully saturated rings. The molecule has 2 rings (SSSR count). The van der Waals surface area contributed by atoms with E-state index < -0.39 is 28.5 Å². The van der Waals surface area contributed by atoms with Gasteiger partial charge in [-0.2, -0.15) is 10.9 Å². The molecule has 2 unspecified atom stereocenters. The first kappa shape index (κ1) is 15.0. The molecule has 0 saturated heterocycles. The molecule has 111 valence electrons. The van der Waals surface area contributed by atoms with Crippen molar-refractivity contribution >= 4 is 16.9 Å². The largest absolute Gasteiger partial charge is 0.458 e. The van der Waals surface area contributed by atoms with Crippen molar-refractivity contribution in [2.24, 2.45) is 5.73 Å². The molecular formula is C13H20N3O3S. The summed E-state index contributed by atoms with van der Waals surface area (Å²) in [6.07, 6.45) is 9.56. The molecule has 2 aliphatic heterocycles. The van der Waals surface area contributed by atoms with E-state index in [1.54, 1.807) is 32.0 Å². The third-order valence-corrected chi connectivity index (χ3v) is 4.02. The van der Waals surface area contributed by atoms with E-state index >= 15 is 0 Å². The van der Waals surface area contributed by atoms with Crippen LogP contribution >= 0.6 is 10.9 Å². The van der Waals surface area contributed by atoms with Gasteiger partial charge in [0.25, 0.3) is 0 Å². The van der Waals surface area contributed by atoms with Crippen molar-refractivity contribution in [1.82, 2.24) is 10.6 Å². The van der Waals surface area contributed by atoms with Gasteiger partial charge in [0.15, 0.2) is 11.8 Å². The minimum atomic E-state index is -0.960. The first-order valence-electron chi connectivity index (χ1n) is 6.18. The van der Waals surface area contributed by atoms with Gasteiger partial charge in [0.1, 0.15) is 5.60 Å². The van der Waals surface area contributed by atoms with Gasteiger partial charge in [-0.05, 0) is 38.5 Å². The molecule has 0 amide bonds. The smallest absolute Gasteiger partial charge is 0.331 e. The lowest BCUT2D eigenvalue weighted by Crippen LogP contribution is -2.39. The second kappa shape index (κ2) is 5.51. The number of hydrogen-bond donors (Lipinski definition) is 3. The van der Waals surface area contributed by atoms with Crippen LogP contribution < -0.4 is 11.3 Å². The summed E-state index contributed by atoms with van der Waals surface area (Å²) in [7, 11) is -0.603. The summed E-state index contributed by atoms with van der Waals surface area (Å²) in [5.41, 5.74) is 7.96. The van der Waals surface area contributed by atoms with Gasteiger partial charge < -0.3 is 15.3 Å². The topological polar surface area (TPSA) is 76.8 Å². The molecule has 6 nitrogen and oxygen atoms in total. The minimum Gasteiger partial charge on any atom is -0.458 e. The number of nitrogens with one attached hydrogen (secondary N) is 1. The molecular weight excluding hydrogens is 278 g/mol. The van der Waals surface area contributed by atoms with E-state index in [2.05, 4.69) is 11.8 Å². The fraction of sp³-hybridized carbons (Fsp3) is 0.385. The van der Waals surface area contributed by atoms with Gasteiger partial charge in [-0.25, -0.2) is 9.80 Å². The summed E-state index contributed by atoms with van der Waals surface area (Å²) in [6, 6.07) is -0.960. The Labute approximate surface area is 121 Å². The second-order valence-corrected chi connectivity index (χ2v) is 7.14. The lowest BCUT2D eigenvalue weighted by Gasteiger charge is -2.21. The number of hydrazine groups is 1. The highest BCUT2D eigenvalue weighted by molar-refractivity contribution is 8.24. The molecule has 0 aromatic heterocycles. The van der Waals surface area contributed by atoms with Gasteiger partial charge in [-0.1, -0.05) is 11.7 Å². The van der Waals surface area contributed by atoms with E-state index in [0.717, 1.165) is 5.03 Å². The Hall–Kier alpha value is -1.44. The number of rotatable bonds is 3. The molecule has 2 aliphatic rings. The maximum atomic E-state index is 11.9. The van der Waals surface area contributed by atoms with Crippen LogP contribution in [0.1, 0.15) is 20.8 Å². The molecule has 3 N–H and O–H groups in total. The number of thiol groups is 1. The predicted molar refractivity (Wildman–Crippen MR) is 79.5 cm³/mol. The van der Waals surface area contributed by atoms with Crippen LogP contribution in [-0.2, 0) is 14.4 Å². The van der Waals surface area contributed by atoms with E-state index in [9.17, 15) is 4.79 Å². The number of nitrogens with two attached hydrogens (primary N) is 1. The SMILES string of the molecule is [CH2][SH]1C=CC=C1N1C=C(C(N)C(=O)OC(C)(C)C)ON1. The van der Waals surface area contributed by atoms with E-state index in [4.69, 9.17) is 15.3 Å². The minimum absolute atomic E-state index is 0.315. The lowest BCUT2D eigenvalue weighted by molar-refractivity contribution is -0.156. The number of ether oxygens (including phenoxy) is 1. The Morgan fingerprint density at radius 3 is 2.85 bits per heavy atom. The Morgan fingerprint density at radius 2 is 2.30 bits per heavy atom. The van der Waals surface area contributed by atoms with Crippen LogP contribution in [0.3, 0.4) is 0 Å². The molecule has 0 saturated carbocycles. The average molecular weight is 298 g/mol. The van der Waals surface area contributed by atoms with Crippen molar-refractivity contribution in [3.63, 3.8) is 0 Å². The maximum absolute atomic E-state index is 11.9. The van der Waals surface area contributed by atoms with Crippen molar-refractivity contribution in [3.8, 4) is 0 Å². The van der Waals surface area contributed by atoms with Crippen molar-refractivity contribution < 1.29 is 14.4 Å². The van der Waals surface area contributed by atoms with E-state index in [1.165, 1.54) is 0 Å². The van der Waals surface area contributed by atoms with Gasteiger partial charge >= 0.3 is 5.97 Å². The summed E-state index contributed by atoms with van der Waals surface area (Å²) < 4.78 is 5.23. The zero-order valence-corrected chi connectivity index (χ0v) is 12.7. The Kier molecular flexibility index (Phi) is 4.12. The standard InChI is InChI=1S/C13H20N3O3S/c1-13(2,3)18-12(17)11(14)9-8-16(15-19-9)10-6-5-7-20(10)4/h5-8,11,15,20H,4,14H2,1-3H3. The van der Waals surface area contributed by atoms with Crippen molar-refractivity contribution in [3.05, 3.63) is 40.8 Å². The van der Waals surface area contributed by atoms with Crippen LogP contribution in [0.4, 0.5) is 0 Å². The molecule has 0 spiro atoms. The molecule has 0 aliphatic carbocycles.